The fraction of sp³-hybridized carbons (Fsp3) is 0.231. The molecular weight excluding hydrogens is 248 g/mol. The van der Waals surface area contributed by atoms with Crippen LogP contribution >= 0.6 is 11.8 Å². The second-order valence-corrected chi connectivity index (χ2v) is 5.07. The SMILES string of the molecule is Cc1ccc(C)c(-c2cnc(SCC(=O)O)[nH]2)c1. The molecular formula is C13H14N2O2S. The van der Waals surface area contributed by atoms with Gasteiger partial charge in [0.25, 0.3) is 0 Å². The van der Waals surface area contributed by atoms with Gasteiger partial charge in [-0.1, -0.05) is 29.5 Å². The first kappa shape index (κ1) is 12.7. The summed E-state index contributed by atoms with van der Waals surface area (Å²) in [5, 5.41) is 9.25. The first-order chi connectivity index (χ1) is 8.56. The van der Waals surface area contributed by atoms with E-state index < -0.39 is 5.97 Å². The van der Waals surface area contributed by atoms with Gasteiger partial charge in [0.1, 0.15) is 0 Å². The Labute approximate surface area is 109 Å². The predicted octanol–water partition coefficient (Wildman–Crippen LogP) is 2.87. The molecule has 0 aliphatic carbocycles. The first-order valence-corrected chi connectivity index (χ1v) is 6.52. The second-order valence-electron chi connectivity index (χ2n) is 4.10. The third-order valence-corrected chi connectivity index (χ3v) is 3.44. The van der Waals surface area contributed by atoms with E-state index in [-0.39, 0.29) is 5.75 Å². The van der Waals surface area contributed by atoms with Crippen molar-refractivity contribution in [2.45, 2.75) is 19.0 Å². The zero-order valence-electron chi connectivity index (χ0n) is 10.2. The lowest BCUT2D eigenvalue weighted by atomic mass is 10.0. The van der Waals surface area contributed by atoms with Crippen LogP contribution in [-0.4, -0.2) is 26.8 Å². The van der Waals surface area contributed by atoms with Crippen LogP contribution in [0, 0.1) is 13.8 Å². The number of carbonyl (C=O) groups is 1. The highest BCUT2D eigenvalue weighted by Crippen LogP contribution is 2.25. The number of carboxylic acids is 1. The van der Waals surface area contributed by atoms with E-state index in [1.54, 1.807) is 6.20 Å². The van der Waals surface area contributed by atoms with Gasteiger partial charge < -0.3 is 10.1 Å². The molecule has 4 nitrogen and oxygen atoms in total. The van der Waals surface area contributed by atoms with Gasteiger partial charge in [0.15, 0.2) is 5.16 Å². The maximum absolute atomic E-state index is 10.5. The number of nitrogens with one attached hydrogen (secondary N) is 1. The van der Waals surface area contributed by atoms with Gasteiger partial charge in [-0.05, 0) is 25.5 Å². The molecule has 0 bridgehead atoms. The Bertz CT molecular complexity index is 578. The molecule has 0 aliphatic heterocycles. The van der Waals surface area contributed by atoms with Crippen molar-refractivity contribution < 1.29 is 9.90 Å². The van der Waals surface area contributed by atoms with E-state index in [2.05, 4.69) is 28.2 Å². The van der Waals surface area contributed by atoms with Gasteiger partial charge in [-0.25, -0.2) is 4.98 Å². The highest BCUT2D eigenvalue weighted by Gasteiger charge is 2.08. The summed E-state index contributed by atoms with van der Waals surface area (Å²) >= 11 is 1.19. The van der Waals surface area contributed by atoms with Gasteiger partial charge in [-0.15, -0.1) is 0 Å². The van der Waals surface area contributed by atoms with Crippen LogP contribution in [-0.2, 0) is 4.79 Å². The number of rotatable bonds is 4. The van der Waals surface area contributed by atoms with E-state index in [1.165, 1.54) is 22.9 Å². The minimum atomic E-state index is -0.843. The molecule has 0 spiro atoms. The number of aromatic amines is 1. The maximum Gasteiger partial charge on any atom is 0.313 e. The largest absolute Gasteiger partial charge is 0.481 e. The smallest absolute Gasteiger partial charge is 0.313 e. The van der Waals surface area contributed by atoms with Gasteiger partial charge in [0.2, 0.25) is 0 Å². The van der Waals surface area contributed by atoms with Crippen LogP contribution in [0.5, 0.6) is 0 Å². The van der Waals surface area contributed by atoms with Crippen LogP contribution in [0.3, 0.4) is 0 Å². The van der Waals surface area contributed by atoms with Crippen molar-refractivity contribution in [3.63, 3.8) is 0 Å². The first-order valence-electron chi connectivity index (χ1n) is 5.53. The summed E-state index contributed by atoms with van der Waals surface area (Å²) in [6.07, 6.45) is 1.74. The molecule has 5 heteroatoms. The molecule has 0 fully saturated rings. The number of thioether (sulfide) groups is 1. The van der Waals surface area contributed by atoms with Gasteiger partial charge in [-0.3, -0.25) is 4.79 Å². The summed E-state index contributed by atoms with van der Waals surface area (Å²) in [4.78, 5) is 17.8. The Morgan fingerprint density at radius 1 is 1.44 bits per heavy atom. The van der Waals surface area contributed by atoms with Crippen LogP contribution in [0.15, 0.2) is 29.6 Å². The Morgan fingerprint density at radius 2 is 2.22 bits per heavy atom. The molecule has 0 amide bonds. The standard InChI is InChI=1S/C13H14N2O2S/c1-8-3-4-9(2)10(5-8)11-6-14-13(15-11)18-7-12(16)17/h3-6H,7H2,1-2H3,(H,14,15)(H,16,17). The van der Waals surface area contributed by atoms with Crippen LogP contribution in [0.1, 0.15) is 11.1 Å². The zero-order valence-corrected chi connectivity index (χ0v) is 11.0. The monoisotopic (exact) mass is 262 g/mol. The molecule has 0 unspecified atom stereocenters. The van der Waals surface area contributed by atoms with Crippen molar-refractivity contribution in [1.29, 1.82) is 0 Å². The van der Waals surface area contributed by atoms with Gasteiger partial charge in [0, 0.05) is 5.56 Å². The molecule has 2 rings (SSSR count). The van der Waals surface area contributed by atoms with E-state index in [0.29, 0.717) is 5.16 Å². The molecule has 1 aromatic carbocycles. The third-order valence-electron chi connectivity index (χ3n) is 2.57. The highest BCUT2D eigenvalue weighted by molar-refractivity contribution is 7.99. The van der Waals surface area contributed by atoms with Crippen molar-refractivity contribution in [2.24, 2.45) is 0 Å². The fourth-order valence-corrected chi connectivity index (χ4v) is 2.24. The summed E-state index contributed by atoms with van der Waals surface area (Å²) in [5.74, 6) is -0.829. The normalized spacial score (nSPS) is 10.6. The number of nitrogens with zero attached hydrogens (tertiary/aromatic N) is 1. The van der Waals surface area contributed by atoms with E-state index in [9.17, 15) is 4.79 Å². The number of hydrogen-bond acceptors (Lipinski definition) is 3. The quantitative estimate of drug-likeness (QED) is 0.831. The van der Waals surface area contributed by atoms with Crippen LogP contribution in [0.25, 0.3) is 11.3 Å². The summed E-state index contributed by atoms with van der Waals surface area (Å²) in [7, 11) is 0. The molecule has 0 aliphatic rings. The van der Waals surface area contributed by atoms with Crippen molar-refractivity contribution in [1.82, 2.24) is 9.97 Å². The summed E-state index contributed by atoms with van der Waals surface area (Å²) in [5.41, 5.74) is 4.37. The molecule has 18 heavy (non-hydrogen) atoms. The number of aryl methyl sites for hydroxylation is 2. The van der Waals surface area contributed by atoms with Crippen molar-refractivity contribution in [3.05, 3.63) is 35.5 Å². The van der Waals surface area contributed by atoms with Crippen LogP contribution < -0.4 is 0 Å². The Morgan fingerprint density at radius 3 is 2.94 bits per heavy atom. The number of hydrogen-bond donors (Lipinski definition) is 2. The number of H-pyrrole nitrogens is 1. The summed E-state index contributed by atoms with van der Waals surface area (Å²) in [6.45, 7) is 4.08. The summed E-state index contributed by atoms with van der Waals surface area (Å²) in [6, 6.07) is 6.22. The zero-order chi connectivity index (χ0) is 13.1. The highest BCUT2D eigenvalue weighted by atomic mass is 32.2. The molecule has 1 aromatic heterocycles. The second kappa shape index (κ2) is 5.27. The maximum atomic E-state index is 10.5. The Balaban J connectivity index is 2.23. The van der Waals surface area contributed by atoms with Gasteiger partial charge >= 0.3 is 5.97 Å². The molecule has 1 heterocycles. The predicted molar refractivity (Wildman–Crippen MR) is 71.9 cm³/mol. The Kier molecular flexibility index (Phi) is 3.72. The molecule has 0 radical (unpaired) electrons. The van der Waals surface area contributed by atoms with E-state index in [0.717, 1.165) is 11.3 Å². The Hall–Kier alpha value is -1.75. The molecule has 94 valence electrons. The lowest BCUT2D eigenvalue weighted by Gasteiger charge is -2.04. The topological polar surface area (TPSA) is 66.0 Å². The molecule has 0 atom stereocenters. The van der Waals surface area contributed by atoms with E-state index in [1.807, 2.05) is 13.8 Å². The van der Waals surface area contributed by atoms with Crippen LogP contribution in [0.4, 0.5) is 0 Å². The van der Waals surface area contributed by atoms with Gasteiger partial charge in [-0.2, -0.15) is 0 Å². The van der Waals surface area contributed by atoms with Crippen molar-refractivity contribution in [2.75, 3.05) is 5.75 Å². The molecule has 2 aromatic rings. The number of aliphatic carboxylic acids is 1. The number of carboxylic acid groups (broad SMARTS) is 1. The lowest BCUT2D eigenvalue weighted by molar-refractivity contribution is -0.133. The minimum Gasteiger partial charge on any atom is -0.481 e. The average molecular weight is 262 g/mol. The molecule has 2 N–H and O–H groups in total. The fourth-order valence-electron chi connectivity index (χ4n) is 1.67. The number of benzene rings is 1. The number of imidazole rings is 1. The van der Waals surface area contributed by atoms with Crippen LogP contribution in [0.2, 0.25) is 0 Å². The molecule has 0 saturated heterocycles. The van der Waals surface area contributed by atoms with Gasteiger partial charge in [0.05, 0.1) is 17.6 Å². The average Bonchev–Trinajstić information content (AvgIpc) is 2.78. The van der Waals surface area contributed by atoms with Crippen molar-refractivity contribution >= 4 is 17.7 Å². The van der Waals surface area contributed by atoms with E-state index in [4.69, 9.17) is 5.11 Å². The minimum absolute atomic E-state index is 0.0136. The third kappa shape index (κ3) is 2.92. The van der Waals surface area contributed by atoms with Crippen molar-refractivity contribution in [3.8, 4) is 11.3 Å². The summed E-state index contributed by atoms with van der Waals surface area (Å²) < 4.78 is 0. The molecule has 0 saturated carbocycles. The lowest BCUT2D eigenvalue weighted by Crippen LogP contribution is -1.97. The number of aromatic nitrogens is 2. The van der Waals surface area contributed by atoms with E-state index >= 15 is 0 Å².